The van der Waals surface area contributed by atoms with Gasteiger partial charge in [0.1, 0.15) is 5.69 Å². The zero-order valence-corrected chi connectivity index (χ0v) is 12.6. The molecule has 2 heterocycles. The van der Waals surface area contributed by atoms with Crippen molar-refractivity contribution in [3.05, 3.63) is 58.0 Å². The molecule has 0 atom stereocenters. The van der Waals surface area contributed by atoms with Crippen LogP contribution in [0.3, 0.4) is 0 Å². The van der Waals surface area contributed by atoms with E-state index in [0.29, 0.717) is 11.4 Å². The molecule has 0 saturated heterocycles. The summed E-state index contributed by atoms with van der Waals surface area (Å²) in [6.07, 6.45) is -3.09. The molecular weight excluding hydrogens is 396 g/mol. The lowest BCUT2D eigenvalue weighted by Gasteiger charge is -2.06. The summed E-state index contributed by atoms with van der Waals surface area (Å²) >= 11 is 2.09. The molecule has 0 fully saturated rings. The molecule has 0 unspecified atom stereocenters. The second-order valence-corrected chi connectivity index (χ2v) is 5.53. The molecule has 0 N–H and O–H groups in total. The molecule has 3 nitrogen and oxygen atoms in total. The predicted octanol–water partition coefficient (Wildman–Crippen LogP) is 4.76. The second kappa shape index (κ2) is 5.21. The Labute approximate surface area is 131 Å². The number of nitrogens with zero attached hydrogens (tertiary/aromatic N) is 2. The molecule has 0 aliphatic heterocycles. The van der Waals surface area contributed by atoms with Crippen LogP contribution in [0.15, 0.2) is 53.1 Å². The van der Waals surface area contributed by atoms with Crippen LogP contribution in [-0.4, -0.2) is 9.78 Å². The van der Waals surface area contributed by atoms with Gasteiger partial charge in [-0.2, -0.15) is 18.3 Å². The summed E-state index contributed by atoms with van der Waals surface area (Å²) in [5.74, 6) is 0.330. The summed E-state index contributed by atoms with van der Waals surface area (Å²) < 4.78 is 46.1. The third-order valence-corrected chi connectivity index (χ3v) is 3.50. The monoisotopic (exact) mass is 404 g/mol. The van der Waals surface area contributed by atoms with Gasteiger partial charge in [-0.15, -0.1) is 0 Å². The van der Waals surface area contributed by atoms with Crippen molar-refractivity contribution in [1.82, 2.24) is 9.78 Å². The smallest absolute Gasteiger partial charge is 0.435 e. The largest absolute Gasteiger partial charge is 0.463 e. The molecule has 7 heteroatoms. The average molecular weight is 404 g/mol. The van der Waals surface area contributed by atoms with Gasteiger partial charge in [-0.1, -0.05) is 6.07 Å². The topological polar surface area (TPSA) is 31.0 Å². The maximum atomic E-state index is 12.9. The Morgan fingerprint density at radius 1 is 1.10 bits per heavy atom. The molecule has 3 aromatic rings. The van der Waals surface area contributed by atoms with E-state index in [4.69, 9.17) is 4.42 Å². The van der Waals surface area contributed by atoms with E-state index in [1.54, 1.807) is 30.3 Å². The van der Waals surface area contributed by atoms with Crippen molar-refractivity contribution < 1.29 is 17.6 Å². The number of hydrogen-bond acceptors (Lipinski definition) is 2. The number of benzene rings is 1. The molecule has 1 aromatic carbocycles. The molecule has 108 valence electrons. The van der Waals surface area contributed by atoms with Gasteiger partial charge in [0, 0.05) is 9.64 Å². The molecule has 0 spiro atoms. The van der Waals surface area contributed by atoms with Crippen LogP contribution >= 0.6 is 22.6 Å². The van der Waals surface area contributed by atoms with E-state index < -0.39 is 11.9 Å². The third kappa shape index (κ3) is 2.82. The number of aromatic nitrogens is 2. The van der Waals surface area contributed by atoms with Gasteiger partial charge < -0.3 is 4.42 Å². The minimum Gasteiger partial charge on any atom is -0.463 e. The summed E-state index contributed by atoms with van der Waals surface area (Å²) in [6.45, 7) is 0. The van der Waals surface area contributed by atoms with E-state index in [9.17, 15) is 13.2 Å². The van der Waals surface area contributed by atoms with E-state index in [-0.39, 0.29) is 5.69 Å². The molecule has 2 aromatic heterocycles. The fraction of sp³-hybridized carbons (Fsp3) is 0.0714. The first-order chi connectivity index (χ1) is 9.95. The van der Waals surface area contributed by atoms with Crippen LogP contribution in [0.2, 0.25) is 0 Å². The summed E-state index contributed by atoms with van der Waals surface area (Å²) in [6, 6.07) is 11.3. The Balaban J connectivity index is 2.21. The second-order valence-electron chi connectivity index (χ2n) is 4.28. The molecule has 0 radical (unpaired) electrons. The van der Waals surface area contributed by atoms with Crippen molar-refractivity contribution in [2.24, 2.45) is 0 Å². The standard InChI is InChI=1S/C14H8F3IN2O/c15-14(16,17)13-8-11(12-5-2-6-21-12)20(19-13)10-4-1-3-9(18)7-10/h1-8H. The average Bonchev–Trinajstić information content (AvgIpc) is 3.07. The molecule has 21 heavy (non-hydrogen) atoms. The van der Waals surface area contributed by atoms with Crippen LogP contribution in [0.5, 0.6) is 0 Å². The van der Waals surface area contributed by atoms with Gasteiger partial charge >= 0.3 is 6.18 Å². The van der Waals surface area contributed by atoms with Crippen molar-refractivity contribution in [1.29, 1.82) is 0 Å². The van der Waals surface area contributed by atoms with Crippen LogP contribution in [-0.2, 0) is 6.18 Å². The van der Waals surface area contributed by atoms with Gasteiger partial charge in [0.05, 0.1) is 12.0 Å². The number of rotatable bonds is 2. The minimum atomic E-state index is -4.51. The lowest BCUT2D eigenvalue weighted by Crippen LogP contribution is -2.07. The zero-order valence-electron chi connectivity index (χ0n) is 10.4. The number of furan rings is 1. The van der Waals surface area contributed by atoms with Crippen LogP contribution in [0.25, 0.3) is 17.1 Å². The molecule has 0 saturated carbocycles. The molecule has 0 amide bonds. The van der Waals surface area contributed by atoms with Gasteiger partial charge in [0.25, 0.3) is 0 Å². The Bertz CT molecular complexity index is 763. The Morgan fingerprint density at radius 3 is 2.52 bits per heavy atom. The Hall–Kier alpha value is -1.77. The van der Waals surface area contributed by atoms with E-state index in [1.807, 2.05) is 6.07 Å². The highest BCUT2D eigenvalue weighted by molar-refractivity contribution is 14.1. The van der Waals surface area contributed by atoms with Crippen LogP contribution in [0.4, 0.5) is 13.2 Å². The fourth-order valence-electron chi connectivity index (χ4n) is 1.92. The first kappa shape index (κ1) is 14.2. The Morgan fingerprint density at radius 2 is 1.90 bits per heavy atom. The summed E-state index contributed by atoms with van der Waals surface area (Å²) in [4.78, 5) is 0. The summed E-state index contributed by atoms with van der Waals surface area (Å²) in [5.41, 5.74) is -0.147. The quantitative estimate of drug-likeness (QED) is 0.577. The molecule has 0 aliphatic rings. The maximum absolute atomic E-state index is 12.9. The fourth-order valence-corrected chi connectivity index (χ4v) is 2.45. The highest BCUT2D eigenvalue weighted by atomic mass is 127. The van der Waals surface area contributed by atoms with E-state index in [0.717, 1.165) is 9.64 Å². The highest BCUT2D eigenvalue weighted by Gasteiger charge is 2.35. The molecule has 0 bridgehead atoms. The van der Waals surface area contributed by atoms with Crippen molar-refractivity contribution in [2.45, 2.75) is 6.18 Å². The zero-order chi connectivity index (χ0) is 15.0. The highest BCUT2D eigenvalue weighted by Crippen LogP contribution is 2.33. The Kier molecular flexibility index (Phi) is 3.52. The lowest BCUT2D eigenvalue weighted by molar-refractivity contribution is -0.141. The van der Waals surface area contributed by atoms with E-state index >= 15 is 0 Å². The van der Waals surface area contributed by atoms with Crippen molar-refractivity contribution in [2.75, 3.05) is 0 Å². The van der Waals surface area contributed by atoms with Crippen LogP contribution in [0, 0.1) is 3.57 Å². The van der Waals surface area contributed by atoms with E-state index in [1.165, 1.54) is 10.9 Å². The first-order valence-electron chi connectivity index (χ1n) is 5.92. The van der Waals surface area contributed by atoms with Crippen LogP contribution in [0.1, 0.15) is 5.69 Å². The van der Waals surface area contributed by atoms with Crippen molar-refractivity contribution >= 4 is 22.6 Å². The van der Waals surface area contributed by atoms with Crippen LogP contribution < -0.4 is 0 Å². The summed E-state index contributed by atoms with van der Waals surface area (Å²) in [5, 5.41) is 3.68. The normalized spacial score (nSPS) is 11.8. The molecule has 3 rings (SSSR count). The van der Waals surface area contributed by atoms with Gasteiger partial charge in [-0.3, -0.25) is 0 Å². The van der Waals surface area contributed by atoms with Gasteiger partial charge in [-0.05, 0) is 52.9 Å². The number of alkyl halides is 3. The van der Waals surface area contributed by atoms with E-state index in [2.05, 4.69) is 27.7 Å². The minimum absolute atomic E-state index is 0.259. The van der Waals surface area contributed by atoms with Crippen molar-refractivity contribution in [3.63, 3.8) is 0 Å². The summed E-state index contributed by atoms with van der Waals surface area (Å²) in [7, 11) is 0. The SMILES string of the molecule is FC(F)(F)c1cc(-c2ccco2)n(-c2cccc(I)c2)n1. The van der Waals surface area contributed by atoms with Crippen molar-refractivity contribution in [3.8, 4) is 17.1 Å². The predicted molar refractivity (Wildman–Crippen MR) is 79.0 cm³/mol. The number of halogens is 4. The molecule has 0 aliphatic carbocycles. The lowest BCUT2D eigenvalue weighted by atomic mass is 10.2. The third-order valence-electron chi connectivity index (χ3n) is 2.83. The number of hydrogen-bond donors (Lipinski definition) is 0. The van der Waals surface area contributed by atoms with Gasteiger partial charge in [-0.25, -0.2) is 4.68 Å². The van der Waals surface area contributed by atoms with Gasteiger partial charge in [0.2, 0.25) is 0 Å². The molecular formula is C14H8F3IN2O. The van der Waals surface area contributed by atoms with Gasteiger partial charge in [0.15, 0.2) is 11.5 Å². The maximum Gasteiger partial charge on any atom is 0.435 e. The first-order valence-corrected chi connectivity index (χ1v) is 7.00.